The maximum absolute atomic E-state index is 5.86. The Balaban J connectivity index is 2.44. The Bertz CT molecular complexity index is 209. The second-order valence-electron chi connectivity index (χ2n) is 2.97. The summed E-state index contributed by atoms with van der Waals surface area (Å²) in [6, 6.07) is 0. The lowest BCUT2D eigenvalue weighted by Gasteiger charge is -2.19. The number of allylic oxidation sites excluding steroid dienone is 3. The van der Waals surface area contributed by atoms with Crippen LogP contribution in [0.2, 0.25) is 0 Å². The molecular formula is C9H15BrN2. The lowest BCUT2D eigenvalue weighted by Crippen LogP contribution is -2.27. The highest BCUT2D eigenvalue weighted by molar-refractivity contribution is 9.11. The molecule has 1 atom stereocenters. The molecule has 2 nitrogen and oxygen atoms in total. The molecule has 1 rings (SSSR count). The first-order chi connectivity index (χ1) is 5.74. The van der Waals surface area contributed by atoms with Gasteiger partial charge in [-0.2, -0.15) is 0 Å². The summed E-state index contributed by atoms with van der Waals surface area (Å²) in [5.41, 5.74) is 6.84. The summed E-state index contributed by atoms with van der Waals surface area (Å²) < 4.78 is 1.10. The molecule has 1 unspecified atom stereocenters. The zero-order valence-electron chi connectivity index (χ0n) is 7.31. The van der Waals surface area contributed by atoms with Gasteiger partial charge in [-0.1, -0.05) is 28.9 Å². The van der Waals surface area contributed by atoms with Gasteiger partial charge in [0.1, 0.15) is 0 Å². The molecule has 0 radical (unpaired) electrons. The van der Waals surface area contributed by atoms with Gasteiger partial charge in [0.2, 0.25) is 0 Å². The monoisotopic (exact) mass is 230 g/mol. The van der Waals surface area contributed by atoms with Crippen LogP contribution in [0.5, 0.6) is 0 Å². The summed E-state index contributed by atoms with van der Waals surface area (Å²) in [5, 5.41) is 3.30. The fourth-order valence-electron chi connectivity index (χ4n) is 1.25. The minimum absolute atomic E-state index is 0.478. The van der Waals surface area contributed by atoms with Gasteiger partial charge in [0, 0.05) is 22.6 Å². The molecule has 0 aromatic rings. The van der Waals surface area contributed by atoms with E-state index in [1.165, 1.54) is 0 Å². The van der Waals surface area contributed by atoms with Crippen molar-refractivity contribution in [3.8, 4) is 0 Å². The number of hydrogen-bond acceptors (Lipinski definition) is 2. The molecule has 12 heavy (non-hydrogen) atoms. The lowest BCUT2D eigenvalue weighted by molar-refractivity contribution is 0.543. The summed E-state index contributed by atoms with van der Waals surface area (Å²) in [5.74, 6) is 0.478. The molecule has 3 N–H and O–H groups in total. The molecule has 0 spiro atoms. The Morgan fingerprint density at radius 3 is 3.08 bits per heavy atom. The van der Waals surface area contributed by atoms with Crippen LogP contribution in [0.1, 0.15) is 13.3 Å². The summed E-state index contributed by atoms with van der Waals surface area (Å²) in [6.07, 6.45) is 5.19. The number of nitrogens with one attached hydrogen (secondary N) is 1. The van der Waals surface area contributed by atoms with Crippen molar-refractivity contribution in [3.05, 3.63) is 22.3 Å². The fourth-order valence-corrected chi connectivity index (χ4v) is 1.70. The molecule has 0 fully saturated rings. The quantitative estimate of drug-likeness (QED) is 0.776. The molecular weight excluding hydrogens is 216 g/mol. The second-order valence-corrected chi connectivity index (χ2v) is 3.89. The predicted octanol–water partition coefficient (Wildman–Crippen LogP) is 1.74. The van der Waals surface area contributed by atoms with Crippen molar-refractivity contribution in [2.45, 2.75) is 13.3 Å². The van der Waals surface area contributed by atoms with Gasteiger partial charge in [-0.3, -0.25) is 0 Å². The first-order valence-corrected chi connectivity index (χ1v) is 5.06. The molecule has 3 heteroatoms. The molecule has 0 saturated heterocycles. The first kappa shape index (κ1) is 9.81. The largest absolute Gasteiger partial charge is 0.402 e. The van der Waals surface area contributed by atoms with Crippen molar-refractivity contribution in [1.29, 1.82) is 0 Å². The molecule has 0 aromatic carbocycles. The van der Waals surface area contributed by atoms with Crippen LogP contribution in [-0.4, -0.2) is 13.1 Å². The van der Waals surface area contributed by atoms with E-state index in [4.69, 9.17) is 5.73 Å². The Labute approximate surface area is 82.0 Å². The summed E-state index contributed by atoms with van der Waals surface area (Å²) in [4.78, 5) is 0. The minimum atomic E-state index is 0.478. The molecule has 0 saturated carbocycles. The van der Waals surface area contributed by atoms with E-state index in [9.17, 15) is 0 Å². The van der Waals surface area contributed by atoms with E-state index in [1.807, 2.05) is 6.08 Å². The van der Waals surface area contributed by atoms with E-state index in [-0.39, 0.29) is 0 Å². The average Bonchev–Trinajstić information content (AvgIpc) is 2.03. The van der Waals surface area contributed by atoms with Crippen LogP contribution in [0, 0.1) is 5.92 Å². The van der Waals surface area contributed by atoms with Crippen molar-refractivity contribution in [3.63, 3.8) is 0 Å². The van der Waals surface area contributed by atoms with E-state index in [2.05, 4.69) is 34.2 Å². The van der Waals surface area contributed by atoms with Gasteiger partial charge in [-0.15, -0.1) is 0 Å². The maximum Gasteiger partial charge on any atom is 0.0152 e. The van der Waals surface area contributed by atoms with E-state index in [0.717, 1.165) is 29.7 Å². The number of rotatable bonds is 3. The molecule has 0 aliphatic heterocycles. The van der Waals surface area contributed by atoms with Gasteiger partial charge < -0.3 is 11.1 Å². The average molecular weight is 231 g/mol. The van der Waals surface area contributed by atoms with Crippen LogP contribution < -0.4 is 11.1 Å². The highest BCUT2D eigenvalue weighted by atomic mass is 79.9. The Hall–Kier alpha value is -0.280. The normalized spacial score (nSPS) is 23.3. The third-order valence-corrected chi connectivity index (χ3v) is 2.57. The lowest BCUT2D eigenvalue weighted by atomic mass is 9.97. The molecule has 1 aliphatic carbocycles. The number of halogens is 1. The SMILES string of the molecule is CCNCC1CC=C(Br)C=C1N. The van der Waals surface area contributed by atoms with Gasteiger partial charge in [0.15, 0.2) is 0 Å². The van der Waals surface area contributed by atoms with Crippen molar-refractivity contribution in [1.82, 2.24) is 5.32 Å². The van der Waals surface area contributed by atoms with Gasteiger partial charge in [-0.25, -0.2) is 0 Å². The fraction of sp³-hybridized carbons (Fsp3) is 0.556. The minimum Gasteiger partial charge on any atom is -0.402 e. The smallest absolute Gasteiger partial charge is 0.0152 e. The highest BCUT2D eigenvalue weighted by Crippen LogP contribution is 2.22. The maximum atomic E-state index is 5.86. The summed E-state index contributed by atoms with van der Waals surface area (Å²) in [7, 11) is 0. The Morgan fingerprint density at radius 1 is 1.75 bits per heavy atom. The predicted molar refractivity (Wildman–Crippen MR) is 55.9 cm³/mol. The molecule has 68 valence electrons. The van der Waals surface area contributed by atoms with E-state index >= 15 is 0 Å². The van der Waals surface area contributed by atoms with Crippen LogP contribution >= 0.6 is 15.9 Å². The third-order valence-electron chi connectivity index (χ3n) is 2.01. The van der Waals surface area contributed by atoms with Gasteiger partial charge in [0.25, 0.3) is 0 Å². The molecule has 0 aromatic heterocycles. The number of nitrogens with two attached hydrogens (primary N) is 1. The Kier molecular flexibility index (Phi) is 3.82. The van der Waals surface area contributed by atoms with Gasteiger partial charge in [-0.05, 0) is 19.0 Å². The van der Waals surface area contributed by atoms with Crippen LogP contribution in [0.15, 0.2) is 22.3 Å². The van der Waals surface area contributed by atoms with Crippen molar-refractivity contribution in [2.24, 2.45) is 11.7 Å². The molecule has 0 heterocycles. The van der Waals surface area contributed by atoms with E-state index in [1.54, 1.807) is 0 Å². The molecule has 0 amide bonds. The summed E-state index contributed by atoms with van der Waals surface area (Å²) in [6.45, 7) is 4.10. The first-order valence-electron chi connectivity index (χ1n) is 4.27. The molecule has 1 aliphatic rings. The zero-order valence-corrected chi connectivity index (χ0v) is 8.89. The topological polar surface area (TPSA) is 38.0 Å². The van der Waals surface area contributed by atoms with Crippen LogP contribution in [0.25, 0.3) is 0 Å². The van der Waals surface area contributed by atoms with Crippen LogP contribution in [0.4, 0.5) is 0 Å². The van der Waals surface area contributed by atoms with Gasteiger partial charge in [0.05, 0.1) is 0 Å². The zero-order chi connectivity index (χ0) is 8.97. The second kappa shape index (κ2) is 4.67. The summed E-state index contributed by atoms with van der Waals surface area (Å²) >= 11 is 3.41. The van der Waals surface area contributed by atoms with E-state index < -0.39 is 0 Å². The number of hydrogen-bond donors (Lipinski definition) is 2. The standard InChI is InChI=1S/C9H15BrN2/c1-2-12-6-7-3-4-8(10)5-9(7)11/h4-5,7,12H,2-3,6,11H2,1H3. The molecule has 0 bridgehead atoms. The van der Waals surface area contributed by atoms with E-state index in [0.29, 0.717) is 5.92 Å². The van der Waals surface area contributed by atoms with Crippen molar-refractivity contribution in [2.75, 3.05) is 13.1 Å². The van der Waals surface area contributed by atoms with Crippen molar-refractivity contribution < 1.29 is 0 Å². The Morgan fingerprint density at radius 2 is 2.50 bits per heavy atom. The van der Waals surface area contributed by atoms with Crippen molar-refractivity contribution >= 4 is 15.9 Å². The van der Waals surface area contributed by atoms with Crippen LogP contribution in [-0.2, 0) is 0 Å². The highest BCUT2D eigenvalue weighted by Gasteiger charge is 2.13. The third kappa shape index (κ3) is 2.64. The van der Waals surface area contributed by atoms with Gasteiger partial charge >= 0.3 is 0 Å². The van der Waals surface area contributed by atoms with Crippen LogP contribution in [0.3, 0.4) is 0 Å².